The Labute approximate surface area is 135 Å². The Morgan fingerprint density at radius 3 is 2.30 bits per heavy atom. The summed E-state index contributed by atoms with van der Waals surface area (Å²) in [6, 6.07) is 7.71. The maximum atomic E-state index is 11.5. The standard InChI is InChI=1S/C17H21N3O3/c1-9(2)12-5-7-13(8-6-12)23-11(4)15-14(16(21)22)10(3)19-17(18)20-15/h5-9,11H,1-4H3,(H,21,22)(H2,18,19,20). The van der Waals surface area contributed by atoms with Crippen LogP contribution in [0.1, 0.15) is 60.1 Å². The second-order valence-electron chi connectivity index (χ2n) is 5.72. The lowest BCUT2D eigenvalue weighted by molar-refractivity contribution is 0.0689. The summed E-state index contributed by atoms with van der Waals surface area (Å²) in [4.78, 5) is 19.4. The predicted molar refractivity (Wildman–Crippen MR) is 87.7 cm³/mol. The number of aryl methyl sites for hydroxylation is 1. The first-order valence-corrected chi connectivity index (χ1v) is 7.43. The minimum absolute atomic E-state index is 0.0329. The van der Waals surface area contributed by atoms with Gasteiger partial charge in [0, 0.05) is 0 Å². The molecule has 122 valence electrons. The summed E-state index contributed by atoms with van der Waals surface area (Å²) < 4.78 is 5.83. The van der Waals surface area contributed by atoms with E-state index in [1.54, 1.807) is 13.8 Å². The number of hydrogen-bond donors (Lipinski definition) is 2. The summed E-state index contributed by atoms with van der Waals surface area (Å²) in [5, 5.41) is 9.37. The molecule has 0 aliphatic rings. The van der Waals surface area contributed by atoms with Gasteiger partial charge < -0.3 is 15.6 Å². The molecule has 0 radical (unpaired) electrons. The van der Waals surface area contributed by atoms with Gasteiger partial charge in [0.05, 0.1) is 5.69 Å². The first-order chi connectivity index (χ1) is 10.8. The summed E-state index contributed by atoms with van der Waals surface area (Å²) in [5.74, 6) is 0.0219. The van der Waals surface area contributed by atoms with Gasteiger partial charge in [-0.25, -0.2) is 14.8 Å². The molecule has 6 nitrogen and oxygen atoms in total. The van der Waals surface area contributed by atoms with Gasteiger partial charge in [-0.1, -0.05) is 26.0 Å². The number of ether oxygens (including phenoxy) is 1. The van der Waals surface area contributed by atoms with Crippen LogP contribution in [0, 0.1) is 6.92 Å². The molecular formula is C17H21N3O3. The Balaban J connectivity index is 2.30. The highest BCUT2D eigenvalue weighted by Gasteiger charge is 2.23. The molecule has 0 fully saturated rings. The van der Waals surface area contributed by atoms with Crippen LogP contribution in [0.2, 0.25) is 0 Å². The van der Waals surface area contributed by atoms with Gasteiger partial charge in [-0.05, 0) is 37.5 Å². The van der Waals surface area contributed by atoms with E-state index in [0.717, 1.165) is 0 Å². The van der Waals surface area contributed by atoms with Crippen molar-refractivity contribution in [1.29, 1.82) is 0 Å². The number of carboxylic acid groups (broad SMARTS) is 1. The highest BCUT2D eigenvalue weighted by molar-refractivity contribution is 5.90. The van der Waals surface area contributed by atoms with E-state index < -0.39 is 12.1 Å². The summed E-state index contributed by atoms with van der Waals surface area (Å²) in [5.41, 5.74) is 7.48. The maximum Gasteiger partial charge on any atom is 0.339 e. The van der Waals surface area contributed by atoms with E-state index in [9.17, 15) is 9.90 Å². The second-order valence-corrected chi connectivity index (χ2v) is 5.72. The molecule has 6 heteroatoms. The fourth-order valence-electron chi connectivity index (χ4n) is 2.37. The highest BCUT2D eigenvalue weighted by atomic mass is 16.5. The molecule has 0 saturated heterocycles. The van der Waals surface area contributed by atoms with Crippen molar-refractivity contribution in [1.82, 2.24) is 9.97 Å². The summed E-state index contributed by atoms with van der Waals surface area (Å²) in [6.45, 7) is 7.56. The molecule has 0 spiro atoms. The average molecular weight is 315 g/mol. The Kier molecular flexibility index (Phi) is 4.83. The van der Waals surface area contributed by atoms with Crippen LogP contribution in [0.4, 0.5) is 5.95 Å². The number of aromatic carboxylic acids is 1. The maximum absolute atomic E-state index is 11.5. The molecule has 2 rings (SSSR count). The van der Waals surface area contributed by atoms with Crippen LogP contribution < -0.4 is 10.5 Å². The molecule has 1 aromatic heterocycles. The lowest BCUT2D eigenvalue weighted by Crippen LogP contribution is -2.17. The normalized spacial score (nSPS) is 12.2. The van der Waals surface area contributed by atoms with Crippen LogP contribution in [-0.4, -0.2) is 21.0 Å². The number of nitrogens with zero attached hydrogens (tertiary/aromatic N) is 2. The quantitative estimate of drug-likeness (QED) is 0.878. The van der Waals surface area contributed by atoms with Gasteiger partial charge in [0.25, 0.3) is 0 Å². The Morgan fingerprint density at radius 2 is 1.78 bits per heavy atom. The molecule has 3 N–H and O–H groups in total. The average Bonchev–Trinajstić information content (AvgIpc) is 2.46. The van der Waals surface area contributed by atoms with Gasteiger partial charge in [0.15, 0.2) is 0 Å². The number of nitrogens with two attached hydrogens (primary N) is 1. The number of benzene rings is 1. The lowest BCUT2D eigenvalue weighted by atomic mass is 10.0. The van der Waals surface area contributed by atoms with Crippen molar-refractivity contribution >= 4 is 11.9 Å². The molecule has 1 unspecified atom stereocenters. The van der Waals surface area contributed by atoms with E-state index in [1.807, 2.05) is 24.3 Å². The fraction of sp³-hybridized carbons (Fsp3) is 0.353. The zero-order valence-corrected chi connectivity index (χ0v) is 13.7. The van der Waals surface area contributed by atoms with Crippen molar-refractivity contribution < 1.29 is 14.6 Å². The summed E-state index contributed by atoms with van der Waals surface area (Å²) in [7, 11) is 0. The lowest BCUT2D eigenvalue weighted by Gasteiger charge is -2.18. The molecule has 0 saturated carbocycles. The van der Waals surface area contributed by atoms with E-state index in [0.29, 0.717) is 17.4 Å². The van der Waals surface area contributed by atoms with Crippen LogP contribution in [0.15, 0.2) is 24.3 Å². The third-order valence-electron chi connectivity index (χ3n) is 3.59. The van der Waals surface area contributed by atoms with Crippen molar-refractivity contribution in [3.8, 4) is 5.75 Å². The van der Waals surface area contributed by atoms with Crippen molar-refractivity contribution in [3.05, 3.63) is 46.8 Å². The van der Waals surface area contributed by atoms with Gasteiger partial charge in [-0.3, -0.25) is 0 Å². The van der Waals surface area contributed by atoms with Crippen molar-refractivity contribution in [2.45, 2.75) is 39.7 Å². The minimum Gasteiger partial charge on any atom is -0.484 e. The van der Waals surface area contributed by atoms with Gasteiger partial charge in [-0.15, -0.1) is 0 Å². The summed E-state index contributed by atoms with van der Waals surface area (Å²) >= 11 is 0. The molecule has 0 bridgehead atoms. The molecular weight excluding hydrogens is 294 g/mol. The topological polar surface area (TPSA) is 98.3 Å². The first-order valence-electron chi connectivity index (χ1n) is 7.43. The SMILES string of the molecule is Cc1nc(N)nc(C(C)Oc2ccc(C(C)C)cc2)c1C(=O)O. The molecule has 0 aliphatic carbocycles. The first kappa shape index (κ1) is 16.7. The number of hydrogen-bond acceptors (Lipinski definition) is 5. The monoisotopic (exact) mass is 315 g/mol. The number of rotatable bonds is 5. The second kappa shape index (κ2) is 6.64. The van der Waals surface area contributed by atoms with Crippen LogP contribution in [0.3, 0.4) is 0 Å². The molecule has 1 aromatic carbocycles. The zero-order chi connectivity index (χ0) is 17.1. The molecule has 0 amide bonds. The van der Waals surface area contributed by atoms with E-state index in [4.69, 9.17) is 10.5 Å². The third kappa shape index (κ3) is 3.77. The van der Waals surface area contributed by atoms with Gasteiger partial charge in [0.2, 0.25) is 5.95 Å². The van der Waals surface area contributed by atoms with E-state index >= 15 is 0 Å². The number of carbonyl (C=O) groups is 1. The van der Waals surface area contributed by atoms with Crippen molar-refractivity contribution in [3.63, 3.8) is 0 Å². The van der Waals surface area contributed by atoms with Crippen LogP contribution in [0.5, 0.6) is 5.75 Å². The van der Waals surface area contributed by atoms with Gasteiger partial charge in [-0.2, -0.15) is 0 Å². The van der Waals surface area contributed by atoms with E-state index in [-0.39, 0.29) is 17.2 Å². The Bertz CT molecular complexity index is 712. The summed E-state index contributed by atoms with van der Waals surface area (Å²) in [6.07, 6.45) is -0.560. The Morgan fingerprint density at radius 1 is 1.17 bits per heavy atom. The third-order valence-corrected chi connectivity index (χ3v) is 3.59. The smallest absolute Gasteiger partial charge is 0.339 e. The molecule has 0 aliphatic heterocycles. The van der Waals surface area contributed by atoms with Gasteiger partial charge in [0.1, 0.15) is 23.1 Å². The van der Waals surface area contributed by atoms with Crippen LogP contribution >= 0.6 is 0 Å². The fourth-order valence-corrected chi connectivity index (χ4v) is 2.37. The minimum atomic E-state index is -1.09. The number of anilines is 1. The predicted octanol–water partition coefficient (Wildman–Crippen LogP) is 3.33. The number of nitrogen functional groups attached to an aromatic ring is 1. The van der Waals surface area contributed by atoms with E-state index in [1.165, 1.54) is 5.56 Å². The zero-order valence-electron chi connectivity index (χ0n) is 13.7. The Hall–Kier alpha value is -2.63. The molecule has 1 atom stereocenters. The van der Waals surface area contributed by atoms with Crippen molar-refractivity contribution in [2.24, 2.45) is 0 Å². The largest absolute Gasteiger partial charge is 0.484 e. The molecule has 23 heavy (non-hydrogen) atoms. The van der Waals surface area contributed by atoms with Crippen molar-refractivity contribution in [2.75, 3.05) is 5.73 Å². The van der Waals surface area contributed by atoms with E-state index in [2.05, 4.69) is 23.8 Å². The molecule has 1 heterocycles. The number of aromatic nitrogens is 2. The number of carboxylic acids is 1. The van der Waals surface area contributed by atoms with Crippen LogP contribution in [-0.2, 0) is 0 Å². The van der Waals surface area contributed by atoms with Crippen LogP contribution in [0.25, 0.3) is 0 Å². The molecule has 2 aromatic rings. The highest BCUT2D eigenvalue weighted by Crippen LogP contribution is 2.26. The van der Waals surface area contributed by atoms with Gasteiger partial charge >= 0.3 is 5.97 Å².